The summed E-state index contributed by atoms with van der Waals surface area (Å²) in [7, 11) is 0. The van der Waals surface area contributed by atoms with Gasteiger partial charge in [-0.2, -0.15) is 0 Å². The Labute approximate surface area is 151 Å². The summed E-state index contributed by atoms with van der Waals surface area (Å²) in [5, 5.41) is 19.0. The van der Waals surface area contributed by atoms with E-state index in [4.69, 9.17) is 4.74 Å². The third kappa shape index (κ3) is 3.35. The molecule has 2 aromatic carbocycles. The minimum absolute atomic E-state index is 0.283. The number of aliphatic carboxylic acids is 1. The molecule has 2 aromatic rings. The number of carboxylic acid groups (broad SMARTS) is 2. The molecule has 6 heteroatoms. The van der Waals surface area contributed by atoms with Crippen LogP contribution in [0, 0.1) is 0 Å². The van der Waals surface area contributed by atoms with Crippen LogP contribution in [0.25, 0.3) is 0 Å². The molecule has 2 N–H and O–H groups in total. The molecule has 1 aliphatic heterocycles. The second kappa shape index (κ2) is 7.07. The standard InChI is InChI=1S/C20H21NO5/c1-20(18(22)23)12-11-17(21(20)19(24)25)15-7-9-16(10-8-15)26-13-14-5-3-2-4-6-14/h2-10,17H,11-13H2,1H3,(H,22,23)(H,24,25)/t17-,20+/m0/s1. The lowest BCUT2D eigenvalue weighted by Gasteiger charge is -2.33. The summed E-state index contributed by atoms with van der Waals surface area (Å²) >= 11 is 0. The molecule has 1 aliphatic rings. The molecule has 1 heterocycles. The summed E-state index contributed by atoms with van der Waals surface area (Å²) in [6, 6.07) is 16.5. The maximum absolute atomic E-state index is 11.7. The molecule has 3 rings (SSSR count). The molecule has 0 bridgehead atoms. The molecule has 0 radical (unpaired) electrons. The van der Waals surface area contributed by atoms with Crippen molar-refractivity contribution >= 4 is 12.1 Å². The lowest BCUT2D eigenvalue weighted by atomic mass is 10.00. The van der Waals surface area contributed by atoms with E-state index in [0.717, 1.165) is 16.0 Å². The van der Waals surface area contributed by atoms with Gasteiger partial charge in [0, 0.05) is 0 Å². The van der Waals surface area contributed by atoms with Crippen molar-refractivity contribution in [2.75, 3.05) is 0 Å². The highest BCUT2D eigenvalue weighted by Crippen LogP contribution is 2.43. The van der Waals surface area contributed by atoms with Gasteiger partial charge < -0.3 is 14.9 Å². The fraction of sp³-hybridized carbons (Fsp3) is 0.300. The van der Waals surface area contributed by atoms with Crippen molar-refractivity contribution in [2.24, 2.45) is 0 Å². The molecular weight excluding hydrogens is 334 g/mol. The molecule has 2 atom stereocenters. The van der Waals surface area contributed by atoms with Crippen molar-refractivity contribution in [3.63, 3.8) is 0 Å². The topological polar surface area (TPSA) is 87.1 Å². The van der Waals surface area contributed by atoms with Gasteiger partial charge >= 0.3 is 12.1 Å². The minimum atomic E-state index is -1.40. The molecule has 0 unspecified atom stereocenters. The zero-order valence-electron chi connectivity index (χ0n) is 14.5. The van der Waals surface area contributed by atoms with Crippen molar-refractivity contribution < 1.29 is 24.5 Å². The highest BCUT2D eigenvalue weighted by Gasteiger charge is 2.51. The number of carbonyl (C=O) groups is 2. The van der Waals surface area contributed by atoms with Gasteiger partial charge in [-0.1, -0.05) is 42.5 Å². The summed E-state index contributed by atoms with van der Waals surface area (Å²) < 4.78 is 5.74. The molecule has 6 nitrogen and oxygen atoms in total. The first-order valence-electron chi connectivity index (χ1n) is 8.44. The predicted octanol–water partition coefficient (Wildman–Crippen LogP) is 3.92. The highest BCUT2D eigenvalue weighted by molar-refractivity contribution is 5.84. The monoisotopic (exact) mass is 355 g/mol. The van der Waals surface area contributed by atoms with Crippen molar-refractivity contribution in [2.45, 2.75) is 38.0 Å². The number of hydrogen-bond acceptors (Lipinski definition) is 3. The van der Waals surface area contributed by atoms with Crippen molar-refractivity contribution in [1.82, 2.24) is 4.90 Å². The van der Waals surface area contributed by atoms with Gasteiger partial charge in [-0.15, -0.1) is 0 Å². The van der Waals surface area contributed by atoms with Gasteiger partial charge in [-0.3, -0.25) is 4.90 Å². The highest BCUT2D eigenvalue weighted by atomic mass is 16.5. The number of hydrogen-bond donors (Lipinski definition) is 2. The summed E-state index contributed by atoms with van der Waals surface area (Å²) in [5.74, 6) is -0.441. The second-order valence-corrected chi connectivity index (χ2v) is 6.63. The molecule has 0 saturated carbocycles. The molecule has 26 heavy (non-hydrogen) atoms. The first-order chi connectivity index (χ1) is 12.4. The Morgan fingerprint density at radius 2 is 1.77 bits per heavy atom. The van der Waals surface area contributed by atoms with Gasteiger partial charge in [0.2, 0.25) is 0 Å². The molecule has 136 valence electrons. The van der Waals surface area contributed by atoms with Crippen molar-refractivity contribution in [3.05, 3.63) is 65.7 Å². The van der Waals surface area contributed by atoms with Gasteiger partial charge in [0.25, 0.3) is 0 Å². The normalized spacial score (nSPS) is 22.2. The molecule has 0 aliphatic carbocycles. The van der Waals surface area contributed by atoms with Crippen LogP contribution < -0.4 is 4.74 Å². The van der Waals surface area contributed by atoms with Gasteiger partial charge in [0.05, 0.1) is 6.04 Å². The second-order valence-electron chi connectivity index (χ2n) is 6.63. The van der Waals surface area contributed by atoms with E-state index in [2.05, 4.69) is 0 Å². The summed E-state index contributed by atoms with van der Waals surface area (Å²) in [6.07, 6.45) is -0.466. The lowest BCUT2D eigenvalue weighted by Crippen LogP contribution is -2.51. The van der Waals surface area contributed by atoms with Crippen molar-refractivity contribution in [1.29, 1.82) is 0 Å². The largest absolute Gasteiger partial charge is 0.489 e. The number of ether oxygens (including phenoxy) is 1. The molecule has 0 spiro atoms. The van der Waals surface area contributed by atoms with E-state index in [-0.39, 0.29) is 6.42 Å². The lowest BCUT2D eigenvalue weighted by molar-refractivity contribution is -0.148. The van der Waals surface area contributed by atoms with Crippen LogP contribution in [-0.2, 0) is 11.4 Å². The quantitative estimate of drug-likeness (QED) is 0.849. The summed E-state index contributed by atoms with van der Waals surface area (Å²) in [6.45, 7) is 1.91. The van der Waals surface area contributed by atoms with Crippen LogP contribution in [0.1, 0.15) is 36.9 Å². The fourth-order valence-corrected chi connectivity index (χ4v) is 3.41. The Hall–Kier alpha value is -3.02. The number of nitrogens with zero attached hydrogens (tertiary/aromatic N) is 1. The number of benzene rings is 2. The van der Waals surface area contributed by atoms with Gasteiger partial charge in [-0.25, -0.2) is 9.59 Å². The number of rotatable bonds is 5. The van der Waals surface area contributed by atoms with Gasteiger partial charge in [0.15, 0.2) is 0 Å². The molecule has 1 saturated heterocycles. The zero-order chi connectivity index (χ0) is 18.7. The first kappa shape index (κ1) is 17.8. The average Bonchev–Trinajstić information content (AvgIpc) is 3.00. The SMILES string of the molecule is C[C@]1(C(=O)O)CC[C@@H](c2ccc(OCc3ccccc3)cc2)N1C(=O)O. The van der Waals surface area contributed by atoms with Crippen molar-refractivity contribution in [3.8, 4) is 5.75 Å². The van der Waals surface area contributed by atoms with Gasteiger partial charge in [0.1, 0.15) is 17.9 Å². The molecule has 1 fully saturated rings. The fourth-order valence-electron chi connectivity index (χ4n) is 3.41. The minimum Gasteiger partial charge on any atom is -0.489 e. The Balaban J connectivity index is 1.73. The van der Waals surface area contributed by atoms with Crippen LogP contribution in [0.15, 0.2) is 54.6 Å². The Bertz CT molecular complexity index is 790. The summed E-state index contributed by atoms with van der Waals surface area (Å²) in [4.78, 5) is 24.3. The zero-order valence-corrected chi connectivity index (χ0v) is 14.5. The smallest absolute Gasteiger partial charge is 0.408 e. The van der Waals surface area contributed by atoms with Crippen LogP contribution in [0.3, 0.4) is 0 Å². The maximum Gasteiger partial charge on any atom is 0.408 e. The van der Waals surface area contributed by atoms with E-state index < -0.39 is 23.6 Å². The third-order valence-electron chi connectivity index (χ3n) is 4.93. The average molecular weight is 355 g/mol. The number of amides is 1. The van der Waals surface area contributed by atoms with E-state index in [9.17, 15) is 19.8 Å². The number of carboxylic acids is 1. The summed E-state index contributed by atoms with van der Waals surface area (Å²) in [5.41, 5.74) is 0.421. The Morgan fingerprint density at radius 1 is 1.12 bits per heavy atom. The number of likely N-dealkylation sites (tertiary alicyclic amines) is 1. The molecular formula is C20H21NO5. The Kier molecular flexibility index (Phi) is 4.84. The predicted molar refractivity (Wildman–Crippen MR) is 95.1 cm³/mol. The van der Waals surface area contributed by atoms with E-state index in [1.165, 1.54) is 6.92 Å². The first-order valence-corrected chi connectivity index (χ1v) is 8.44. The van der Waals surface area contributed by atoms with Crippen LogP contribution in [0.2, 0.25) is 0 Å². The molecule has 0 aromatic heterocycles. The Morgan fingerprint density at radius 3 is 2.35 bits per heavy atom. The maximum atomic E-state index is 11.7. The van der Waals surface area contributed by atoms with Crippen LogP contribution >= 0.6 is 0 Å². The van der Waals surface area contributed by atoms with E-state index in [1.54, 1.807) is 24.3 Å². The van der Waals surface area contributed by atoms with Crippen LogP contribution in [0.4, 0.5) is 4.79 Å². The van der Waals surface area contributed by atoms with E-state index in [0.29, 0.717) is 18.8 Å². The van der Waals surface area contributed by atoms with E-state index in [1.807, 2.05) is 30.3 Å². The third-order valence-corrected chi connectivity index (χ3v) is 4.93. The van der Waals surface area contributed by atoms with Gasteiger partial charge in [-0.05, 0) is 43.0 Å². The van der Waals surface area contributed by atoms with Crippen LogP contribution in [0.5, 0.6) is 5.75 Å². The van der Waals surface area contributed by atoms with Crippen LogP contribution in [-0.4, -0.2) is 32.7 Å². The van der Waals surface area contributed by atoms with E-state index >= 15 is 0 Å². The molecule has 1 amide bonds.